The molecule has 0 saturated carbocycles. The monoisotopic (exact) mass is 346 g/mol. The van der Waals surface area contributed by atoms with Crippen molar-refractivity contribution in [1.29, 1.82) is 0 Å². The molecule has 2 heterocycles. The third-order valence-corrected chi connectivity index (χ3v) is 5.52. The highest BCUT2D eigenvalue weighted by Crippen LogP contribution is 2.12. The molecule has 1 aliphatic heterocycles. The van der Waals surface area contributed by atoms with Gasteiger partial charge in [-0.2, -0.15) is 0 Å². The summed E-state index contributed by atoms with van der Waals surface area (Å²) in [5.41, 5.74) is 1.29. The number of nitrogens with zero attached hydrogens (tertiary/aromatic N) is 2. The second-order valence-electron chi connectivity index (χ2n) is 5.68. The van der Waals surface area contributed by atoms with Crippen LogP contribution < -0.4 is 10.6 Å². The van der Waals surface area contributed by atoms with Gasteiger partial charge >= 0.3 is 0 Å². The van der Waals surface area contributed by atoms with Gasteiger partial charge in [-0.1, -0.05) is 30.3 Å². The quantitative estimate of drug-likeness (QED) is 0.838. The van der Waals surface area contributed by atoms with Gasteiger partial charge in [0.15, 0.2) is 9.84 Å². The molecule has 7 nitrogen and oxygen atoms in total. The molecule has 126 valence electrons. The number of carbonyl (C=O) groups excluding carboxylic acids is 1. The number of carbonyl (C=O) groups is 1. The first-order valence-corrected chi connectivity index (χ1v) is 9.46. The first kappa shape index (κ1) is 16.4. The van der Waals surface area contributed by atoms with Crippen molar-refractivity contribution in [3.05, 3.63) is 53.9 Å². The molecular formula is C16H18N4O3S. The molecule has 8 heteroatoms. The molecule has 1 saturated heterocycles. The Labute approximate surface area is 140 Å². The number of rotatable bonds is 5. The summed E-state index contributed by atoms with van der Waals surface area (Å²) >= 11 is 0. The van der Waals surface area contributed by atoms with Gasteiger partial charge < -0.3 is 10.6 Å². The van der Waals surface area contributed by atoms with Crippen LogP contribution in [0.5, 0.6) is 0 Å². The third kappa shape index (κ3) is 4.29. The van der Waals surface area contributed by atoms with E-state index in [0.717, 1.165) is 5.56 Å². The van der Waals surface area contributed by atoms with Crippen LogP contribution in [-0.4, -0.2) is 41.8 Å². The van der Waals surface area contributed by atoms with Crippen molar-refractivity contribution in [1.82, 2.24) is 15.3 Å². The highest BCUT2D eigenvalue weighted by Gasteiger charge is 2.29. The molecule has 1 fully saturated rings. The lowest BCUT2D eigenvalue weighted by atomic mass is 10.2. The number of benzene rings is 1. The number of sulfone groups is 1. The van der Waals surface area contributed by atoms with Crippen LogP contribution in [0.15, 0.2) is 42.6 Å². The minimum Gasteiger partial charge on any atom is -0.350 e. The van der Waals surface area contributed by atoms with Gasteiger partial charge in [0.2, 0.25) is 5.95 Å². The summed E-state index contributed by atoms with van der Waals surface area (Å²) in [5, 5.41) is 5.78. The highest BCUT2D eigenvalue weighted by atomic mass is 32.2. The molecule has 1 amide bonds. The van der Waals surface area contributed by atoms with Crippen molar-refractivity contribution in [2.75, 3.05) is 16.8 Å². The van der Waals surface area contributed by atoms with Gasteiger partial charge in [0.1, 0.15) is 5.69 Å². The van der Waals surface area contributed by atoms with Crippen LogP contribution in [-0.2, 0) is 16.4 Å². The molecule has 2 N–H and O–H groups in total. The van der Waals surface area contributed by atoms with Crippen molar-refractivity contribution in [3.63, 3.8) is 0 Å². The average Bonchev–Trinajstić information content (AvgIpc) is 2.93. The zero-order valence-corrected chi connectivity index (χ0v) is 13.8. The summed E-state index contributed by atoms with van der Waals surface area (Å²) in [5.74, 6) is 0.0713. The maximum Gasteiger partial charge on any atom is 0.270 e. The van der Waals surface area contributed by atoms with E-state index in [1.54, 1.807) is 0 Å². The number of amides is 1. The fraction of sp³-hybridized carbons (Fsp3) is 0.312. The van der Waals surface area contributed by atoms with E-state index in [9.17, 15) is 13.2 Å². The molecule has 24 heavy (non-hydrogen) atoms. The van der Waals surface area contributed by atoms with E-state index < -0.39 is 9.84 Å². The Morgan fingerprint density at radius 2 is 2.00 bits per heavy atom. The SMILES string of the molecule is O=C(NC1CCS(=O)(=O)C1)c1ccnc(NCc2ccccc2)n1. The fourth-order valence-corrected chi connectivity index (χ4v) is 4.19. The maximum absolute atomic E-state index is 12.2. The molecule has 0 spiro atoms. The van der Waals surface area contributed by atoms with Crippen molar-refractivity contribution in [2.24, 2.45) is 0 Å². The van der Waals surface area contributed by atoms with E-state index in [4.69, 9.17) is 0 Å². The van der Waals surface area contributed by atoms with E-state index in [-0.39, 0.29) is 29.1 Å². The largest absolute Gasteiger partial charge is 0.350 e. The first-order valence-electron chi connectivity index (χ1n) is 7.64. The molecule has 3 rings (SSSR count). The van der Waals surface area contributed by atoms with E-state index in [2.05, 4.69) is 20.6 Å². The van der Waals surface area contributed by atoms with Crippen molar-refractivity contribution in [2.45, 2.75) is 19.0 Å². The lowest BCUT2D eigenvalue weighted by molar-refractivity contribution is 0.0936. The summed E-state index contributed by atoms with van der Waals surface area (Å²) in [4.78, 5) is 20.5. The third-order valence-electron chi connectivity index (χ3n) is 3.75. The Morgan fingerprint density at radius 3 is 2.71 bits per heavy atom. The molecule has 1 aromatic heterocycles. The Hall–Kier alpha value is -2.48. The van der Waals surface area contributed by atoms with Crippen molar-refractivity contribution < 1.29 is 13.2 Å². The molecule has 1 aliphatic rings. The molecule has 1 aromatic carbocycles. The number of hydrogen-bond acceptors (Lipinski definition) is 6. The lowest BCUT2D eigenvalue weighted by Gasteiger charge is -2.11. The maximum atomic E-state index is 12.2. The first-order chi connectivity index (χ1) is 11.5. The zero-order chi connectivity index (χ0) is 17.0. The highest BCUT2D eigenvalue weighted by molar-refractivity contribution is 7.91. The van der Waals surface area contributed by atoms with E-state index >= 15 is 0 Å². The van der Waals surface area contributed by atoms with E-state index in [1.807, 2.05) is 30.3 Å². The lowest BCUT2D eigenvalue weighted by Crippen LogP contribution is -2.36. The van der Waals surface area contributed by atoms with Crippen LogP contribution in [0.3, 0.4) is 0 Å². The Bertz CT molecular complexity index is 824. The summed E-state index contributed by atoms with van der Waals surface area (Å²) in [6.45, 7) is 0.548. The fourth-order valence-electron chi connectivity index (χ4n) is 2.52. The predicted molar refractivity (Wildman–Crippen MR) is 90.3 cm³/mol. The number of aromatic nitrogens is 2. The van der Waals surface area contributed by atoms with Crippen LogP contribution >= 0.6 is 0 Å². The number of nitrogens with one attached hydrogen (secondary N) is 2. The van der Waals surface area contributed by atoms with Gasteiger partial charge in [-0.05, 0) is 18.1 Å². The van der Waals surface area contributed by atoms with Crippen LogP contribution in [0.25, 0.3) is 0 Å². The zero-order valence-electron chi connectivity index (χ0n) is 13.0. The predicted octanol–water partition coefficient (Wildman–Crippen LogP) is 1.01. The van der Waals surface area contributed by atoms with Crippen LogP contribution in [0.1, 0.15) is 22.5 Å². The minimum absolute atomic E-state index is 0.0110. The van der Waals surface area contributed by atoms with E-state index in [1.165, 1.54) is 12.3 Å². The molecular weight excluding hydrogens is 328 g/mol. The normalized spacial score (nSPS) is 18.9. The van der Waals surface area contributed by atoms with Crippen molar-refractivity contribution in [3.8, 4) is 0 Å². The summed E-state index contributed by atoms with van der Waals surface area (Å²) in [6, 6.07) is 10.9. The Kier molecular flexibility index (Phi) is 4.75. The van der Waals surface area contributed by atoms with Crippen LogP contribution in [0, 0.1) is 0 Å². The second-order valence-corrected chi connectivity index (χ2v) is 7.91. The minimum atomic E-state index is -3.03. The van der Waals surface area contributed by atoms with Crippen molar-refractivity contribution >= 4 is 21.7 Å². The van der Waals surface area contributed by atoms with Gasteiger partial charge in [-0.25, -0.2) is 18.4 Å². The topological polar surface area (TPSA) is 101 Å². The van der Waals surface area contributed by atoms with Gasteiger partial charge in [0, 0.05) is 18.8 Å². The molecule has 0 aliphatic carbocycles. The Balaban J connectivity index is 1.61. The average molecular weight is 346 g/mol. The summed E-state index contributed by atoms with van der Waals surface area (Å²) in [6.07, 6.45) is 1.94. The standard InChI is InChI=1S/C16H18N4O3S/c21-15(19-13-7-9-24(22,23)11-13)14-6-8-17-16(20-14)18-10-12-4-2-1-3-5-12/h1-6,8,13H,7,9-11H2,(H,19,21)(H,17,18,20). The van der Waals surface area contributed by atoms with E-state index in [0.29, 0.717) is 18.9 Å². The number of hydrogen-bond donors (Lipinski definition) is 2. The van der Waals surface area contributed by atoms with Crippen LogP contribution in [0.4, 0.5) is 5.95 Å². The van der Waals surface area contributed by atoms with Gasteiger partial charge in [-0.15, -0.1) is 0 Å². The molecule has 0 bridgehead atoms. The van der Waals surface area contributed by atoms with Gasteiger partial charge in [0.05, 0.1) is 11.5 Å². The van der Waals surface area contributed by atoms with Gasteiger partial charge in [-0.3, -0.25) is 4.79 Å². The van der Waals surface area contributed by atoms with Gasteiger partial charge in [0.25, 0.3) is 5.91 Å². The smallest absolute Gasteiger partial charge is 0.270 e. The summed E-state index contributed by atoms with van der Waals surface area (Å²) in [7, 11) is -3.03. The summed E-state index contributed by atoms with van der Waals surface area (Å²) < 4.78 is 22.9. The molecule has 1 unspecified atom stereocenters. The molecule has 2 aromatic rings. The number of anilines is 1. The molecule has 0 radical (unpaired) electrons. The Morgan fingerprint density at radius 1 is 1.21 bits per heavy atom. The van der Waals surface area contributed by atoms with Crippen LogP contribution in [0.2, 0.25) is 0 Å². The molecule has 1 atom stereocenters. The second kappa shape index (κ2) is 6.96.